The first-order valence-electron chi connectivity index (χ1n) is 10.8. The van der Waals surface area contributed by atoms with E-state index in [0.29, 0.717) is 43.3 Å². The van der Waals surface area contributed by atoms with Crippen molar-refractivity contribution in [1.82, 2.24) is 9.80 Å². The molecule has 2 fully saturated rings. The zero-order valence-electron chi connectivity index (χ0n) is 17.4. The van der Waals surface area contributed by atoms with Crippen molar-refractivity contribution in [2.75, 3.05) is 31.5 Å². The molecule has 164 valence electrons. The summed E-state index contributed by atoms with van der Waals surface area (Å²) in [5.74, 6) is -0.186. The van der Waals surface area contributed by atoms with Gasteiger partial charge in [-0.25, -0.2) is 9.18 Å². The van der Waals surface area contributed by atoms with Crippen LogP contribution in [0.15, 0.2) is 48.5 Å². The third-order valence-electron chi connectivity index (χ3n) is 6.41. The standard InChI is InChI=1S/C24H27ClFN3O2/c25-19-5-3-6-21(17-19)27-23(31)29-14-4-13-28(15-16-29)22(30)24(11-1-2-12-24)18-7-9-20(26)10-8-18/h3,5-10,17H,1-2,4,11-16H2,(H,27,31). The molecule has 1 saturated carbocycles. The van der Waals surface area contributed by atoms with Gasteiger partial charge in [0.05, 0.1) is 5.41 Å². The summed E-state index contributed by atoms with van der Waals surface area (Å²) in [5.41, 5.74) is 0.971. The van der Waals surface area contributed by atoms with Crippen molar-refractivity contribution in [1.29, 1.82) is 0 Å². The second-order valence-corrected chi connectivity index (χ2v) is 8.81. The number of anilines is 1. The Balaban J connectivity index is 1.44. The lowest BCUT2D eigenvalue weighted by molar-refractivity contribution is -0.137. The van der Waals surface area contributed by atoms with Crippen molar-refractivity contribution in [2.24, 2.45) is 0 Å². The van der Waals surface area contributed by atoms with Gasteiger partial charge < -0.3 is 15.1 Å². The van der Waals surface area contributed by atoms with Crippen LogP contribution in [0.5, 0.6) is 0 Å². The van der Waals surface area contributed by atoms with Gasteiger partial charge in [0, 0.05) is 36.9 Å². The molecule has 1 aliphatic carbocycles. The summed E-state index contributed by atoms with van der Waals surface area (Å²) in [6.45, 7) is 2.16. The van der Waals surface area contributed by atoms with Gasteiger partial charge in [-0.05, 0) is 55.2 Å². The van der Waals surface area contributed by atoms with Crippen LogP contribution in [0.2, 0.25) is 5.02 Å². The topological polar surface area (TPSA) is 52.7 Å². The predicted molar refractivity (Wildman–Crippen MR) is 120 cm³/mol. The number of rotatable bonds is 3. The van der Waals surface area contributed by atoms with Gasteiger partial charge in [-0.2, -0.15) is 0 Å². The lowest BCUT2D eigenvalue weighted by atomic mass is 9.77. The van der Waals surface area contributed by atoms with Gasteiger partial charge in [0.2, 0.25) is 5.91 Å². The SMILES string of the molecule is O=C(Nc1cccc(Cl)c1)N1CCCN(C(=O)C2(c3ccc(F)cc3)CCCC2)CC1. The van der Waals surface area contributed by atoms with Gasteiger partial charge in [-0.3, -0.25) is 4.79 Å². The van der Waals surface area contributed by atoms with Crippen LogP contribution in [0, 0.1) is 5.82 Å². The maximum absolute atomic E-state index is 13.7. The largest absolute Gasteiger partial charge is 0.340 e. The molecule has 1 saturated heterocycles. The number of hydrogen-bond donors (Lipinski definition) is 1. The zero-order valence-corrected chi connectivity index (χ0v) is 18.2. The molecule has 1 aliphatic heterocycles. The average Bonchev–Trinajstić information content (AvgIpc) is 3.12. The fourth-order valence-electron chi connectivity index (χ4n) is 4.77. The van der Waals surface area contributed by atoms with E-state index in [4.69, 9.17) is 11.6 Å². The van der Waals surface area contributed by atoms with E-state index >= 15 is 0 Å². The number of benzene rings is 2. The number of urea groups is 1. The molecule has 4 rings (SSSR count). The van der Waals surface area contributed by atoms with Gasteiger partial charge in [0.15, 0.2) is 0 Å². The van der Waals surface area contributed by atoms with Crippen molar-refractivity contribution >= 4 is 29.2 Å². The highest BCUT2D eigenvalue weighted by Gasteiger charge is 2.45. The first-order valence-corrected chi connectivity index (χ1v) is 11.2. The van der Waals surface area contributed by atoms with Gasteiger partial charge in [-0.15, -0.1) is 0 Å². The molecule has 5 nitrogen and oxygen atoms in total. The molecule has 0 atom stereocenters. The zero-order chi connectivity index (χ0) is 21.8. The van der Waals surface area contributed by atoms with E-state index in [-0.39, 0.29) is 17.8 Å². The summed E-state index contributed by atoms with van der Waals surface area (Å²) in [6.07, 6.45) is 4.27. The molecule has 1 heterocycles. The Morgan fingerprint density at radius 1 is 0.903 bits per heavy atom. The molecule has 31 heavy (non-hydrogen) atoms. The third-order valence-corrected chi connectivity index (χ3v) is 6.64. The predicted octanol–water partition coefficient (Wildman–Crippen LogP) is 5.06. The average molecular weight is 444 g/mol. The fourth-order valence-corrected chi connectivity index (χ4v) is 4.96. The maximum Gasteiger partial charge on any atom is 0.321 e. The molecule has 0 aromatic heterocycles. The molecule has 0 spiro atoms. The van der Waals surface area contributed by atoms with Gasteiger partial charge in [0.25, 0.3) is 0 Å². The first kappa shape index (κ1) is 21.6. The molecule has 0 unspecified atom stereocenters. The van der Waals surface area contributed by atoms with E-state index in [1.165, 1.54) is 12.1 Å². The number of carbonyl (C=O) groups excluding carboxylic acids is 2. The molecule has 2 aliphatic rings. The van der Waals surface area contributed by atoms with Crippen molar-refractivity contribution in [2.45, 2.75) is 37.5 Å². The Bertz CT molecular complexity index is 944. The Morgan fingerprint density at radius 2 is 1.58 bits per heavy atom. The molecule has 2 aromatic rings. The lowest BCUT2D eigenvalue weighted by Gasteiger charge is -2.34. The Labute approximate surface area is 187 Å². The highest BCUT2D eigenvalue weighted by Crippen LogP contribution is 2.42. The summed E-state index contributed by atoms with van der Waals surface area (Å²) >= 11 is 6.00. The monoisotopic (exact) mass is 443 g/mol. The van der Waals surface area contributed by atoms with Crippen LogP contribution >= 0.6 is 11.6 Å². The van der Waals surface area contributed by atoms with E-state index < -0.39 is 5.41 Å². The van der Waals surface area contributed by atoms with Crippen LogP contribution in [0.1, 0.15) is 37.7 Å². The van der Waals surface area contributed by atoms with Gasteiger partial charge in [0.1, 0.15) is 5.82 Å². The van der Waals surface area contributed by atoms with E-state index in [2.05, 4.69) is 5.32 Å². The van der Waals surface area contributed by atoms with Crippen LogP contribution in [0.25, 0.3) is 0 Å². The van der Waals surface area contributed by atoms with Crippen LogP contribution in [0.4, 0.5) is 14.9 Å². The second-order valence-electron chi connectivity index (χ2n) is 8.37. The van der Waals surface area contributed by atoms with Crippen LogP contribution in [0.3, 0.4) is 0 Å². The van der Waals surface area contributed by atoms with E-state index in [9.17, 15) is 14.0 Å². The van der Waals surface area contributed by atoms with E-state index in [1.807, 2.05) is 4.90 Å². The first-order chi connectivity index (χ1) is 15.0. The Kier molecular flexibility index (Phi) is 6.46. The minimum absolute atomic E-state index is 0.105. The molecule has 3 amide bonds. The summed E-state index contributed by atoms with van der Waals surface area (Å²) < 4.78 is 13.5. The number of nitrogens with one attached hydrogen (secondary N) is 1. The molecule has 1 N–H and O–H groups in total. The second kappa shape index (κ2) is 9.27. The number of halogens is 2. The summed E-state index contributed by atoms with van der Waals surface area (Å²) in [5, 5.41) is 3.44. The Morgan fingerprint density at radius 3 is 2.29 bits per heavy atom. The molecule has 0 bridgehead atoms. The van der Waals surface area contributed by atoms with Crippen molar-refractivity contribution in [3.05, 3.63) is 64.9 Å². The smallest absolute Gasteiger partial charge is 0.321 e. The van der Waals surface area contributed by atoms with Crippen LogP contribution in [-0.2, 0) is 10.2 Å². The molecular formula is C24H27ClFN3O2. The quantitative estimate of drug-likeness (QED) is 0.721. The Hall–Kier alpha value is -2.60. The van der Waals surface area contributed by atoms with Gasteiger partial charge >= 0.3 is 6.03 Å². The van der Waals surface area contributed by atoms with E-state index in [1.54, 1.807) is 41.3 Å². The molecule has 2 aromatic carbocycles. The minimum Gasteiger partial charge on any atom is -0.340 e. The molecular weight excluding hydrogens is 417 g/mol. The normalized spacial score (nSPS) is 18.5. The number of amides is 3. The number of hydrogen-bond acceptors (Lipinski definition) is 2. The highest BCUT2D eigenvalue weighted by atomic mass is 35.5. The molecule has 0 radical (unpaired) electrons. The lowest BCUT2D eigenvalue weighted by Crippen LogP contribution is -2.47. The van der Waals surface area contributed by atoms with E-state index in [0.717, 1.165) is 31.2 Å². The summed E-state index contributed by atoms with van der Waals surface area (Å²) in [7, 11) is 0. The summed E-state index contributed by atoms with van der Waals surface area (Å²) in [6, 6.07) is 13.2. The highest BCUT2D eigenvalue weighted by molar-refractivity contribution is 6.30. The van der Waals surface area contributed by atoms with Gasteiger partial charge in [-0.1, -0.05) is 42.6 Å². The van der Waals surface area contributed by atoms with Crippen molar-refractivity contribution in [3.63, 3.8) is 0 Å². The third kappa shape index (κ3) is 4.69. The van der Waals surface area contributed by atoms with Crippen molar-refractivity contribution in [3.8, 4) is 0 Å². The maximum atomic E-state index is 13.7. The number of nitrogens with zero attached hydrogens (tertiary/aromatic N) is 2. The minimum atomic E-state index is -0.577. The number of carbonyl (C=O) groups is 2. The molecule has 7 heteroatoms. The van der Waals surface area contributed by atoms with Crippen molar-refractivity contribution < 1.29 is 14.0 Å². The van der Waals surface area contributed by atoms with Crippen LogP contribution < -0.4 is 5.32 Å². The fraction of sp³-hybridized carbons (Fsp3) is 0.417. The summed E-state index contributed by atoms with van der Waals surface area (Å²) in [4.78, 5) is 30.0. The van der Waals surface area contributed by atoms with Crippen LogP contribution in [-0.4, -0.2) is 47.9 Å².